The molecule has 2 rings (SSSR count). The molecule has 1 aromatic carbocycles. The lowest BCUT2D eigenvalue weighted by Crippen LogP contribution is -2.42. The summed E-state index contributed by atoms with van der Waals surface area (Å²) in [7, 11) is 0. The molecule has 0 bridgehead atoms. The second-order valence-electron chi connectivity index (χ2n) is 4.98. The molecule has 1 fully saturated rings. The molecule has 0 unspecified atom stereocenters. The van der Waals surface area contributed by atoms with E-state index < -0.39 is 11.0 Å². The van der Waals surface area contributed by atoms with Gasteiger partial charge in [-0.2, -0.15) is 0 Å². The maximum absolute atomic E-state index is 12.1. The van der Waals surface area contributed by atoms with Crippen molar-refractivity contribution in [3.8, 4) is 0 Å². The smallest absolute Gasteiger partial charge is 0.269 e. The number of carbonyl (C=O) groups excluding carboxylic acids is 2. The Kier molecular flexibility index (Phi) is 4.52. The van der Waals surface area contributed by atoms with Gasteiger partial charge < -0.3 is 10.6 Å². The van der Waals surface area contributed by atoms with Gasteiger partial charge >= 0.3 is 0 Å². The molecule has 0 spiro atoms. The molecule has 21 heavy (non-hydrogen) atoms. The highest BCUT2D eigenvalue weighted by molar-refractivity contribution is 5.90. The van der Waals surface area contributed by atoms with E-state index in [1.165, 1.54) is 12.1 Å². The fraction of sp³-hybridized carbons (Fsp3) is 0.429. The number of nitro groups is 1. The molecule has 0 aliphatic carbocycles. The molecule has 2 N–H and O–H groups in total. The fourth-order valence-electron chi connectivity index (χ4n) is 2.36. The van der Waals surface area contributed by atoms with Crippen LogP contribution >= 0.6 is 0 Å². The van der Waals surface area contributed by atoms with E-state index in [1.807, 2.05) is 6.92 Å². The summed E-state index contributed by atoms with van der Waals surface area (Å²) in [6.45, 7) is 1.89. The predicted molar refractivity (Wildman–Crippen MR) is 75.4 cm³/mol. The molecule has 1 saturated heterocycles. The molecule has 0 saturated carbocycles. The van der Waals surface area contributed by atoms with Crippen molar-refractivity contribution in [2.45, 2.75) is 38.3 Å². The van der Waals surface area contributed by atoms with Crippen molar-refractivity contribution >= 4 is 17.5 Å². The van der Waals surface area contributed by atoms with E-state index in [0.29, 0.717) is 24.8 Å². The first-order valence-electron chi connectivity index (χ1n) is 6.85. The zero-order valence-electron chi connectivity index (χ0n) is 11.7. The Morgan fingerprint density at radius 3 is 2.90 bits per heavy atom. The van der Waals surface area contributed by atoms with Gasteiger partial charge in [-0.1, -0.05) is 19.1 Å². The first-order chi connectivity index (χ1) is 10.0. The normalized spacial score (nSPS) is 18.9. The van der Waals surface area contributed by atoms with Gasteiger partial charge in [0.15, 0.2) is 0 Å². The number of nitrogens with zero attached hydrogens (tertiary/aromatic N) is 1. The third-order valence-corrected chi connectivity index (χ3v) is 3.52. The van der Waals surface area contributed by atoms with Gasteiger partial charge in [0.05, 0.1) is 11.0 Å². The van der Waals surface area contributed by atoms with Gasteiger partial charge in [0, 0.05) is 18.6 Å². The molecule has 0 radical (unpaired) electrons. The zero-order valence-corrected chi connectivity index (χ0v) is 11.7. The largest absolute Gasteiger partial charge is 0.348 e. The first kappa shape index (κ1) is 15.0. The number of non-ortho nitro benzene ring substituents is 1. The summed E-state index contributed by atoms with van der Waals surface area (Å²) in [5.74, 6) is -0.377. The number of nitro benzene ring substituents is 1. The third-order valence-electron chi connectivity index (χ3n) is 3.52. The summed E-state index contributed by atoms with van der Waals surface area (Å²) in [4.78, 5) is 33.6. The average Bonchev–Trinajstić information content (AvgIpc) is 2.91. The van der Waals surface area contributed by atoms with E-state index in [-0.39, 0.29) is 23.5 Å². The van der Waals surface area contributed by atoms with Crippen LogP contribution in [-0.2, 0) is 9.59 Å². The van der Waals surface area contributed by atoms with Crippen LogP contribution < -0.4 is 10.6 Å². The van der Waals surface area contributed by atoms with Crippen molar-refractivity contribution in [1.82, 2.24) is 10.6 Å². The summed E-state index contributed by atoms with van der Waals surface area (Å²) in [5, 5.41) is 16.2. The average molecular weight is 291 g/mol. The zero-order chi connectivity index (χ0) is 15.4. The highest BCUT2D eigenvalue weighted by atomic mass is 16.6. The van der Waals surface area contributed by atoms with E-state index in [2.05, 4.69) is 10.6 Å². The van der Waals surface area contributed by atoms with E-state index in [0.717, 1.165) is 0 Å². The quantitative estimate of drug-likeness (QED) is 0.633. The van der Waals surface area contributed by atoms with Crippen LogP contribution in [0.3, 0.4) is 0 Å². The van der Waals surface area contributed by atoms with Gasteiger partial charge in [-0.15, -0.1) is 0 Å². The maximum atomic E-state index is 12.1. The maximum Gasteiger partial charge on any atom is 0.269 e. The van der Waals surface area contributed by atoms with Gasteiger partial charge in [-0.25, -0.2) is 0 Å². The van der Waals surface area contributed by atoms with Gasteiger partial charge in [0.1, 0.15) is 6.04 Å². The van der Waals surface area contributed by atoms with Crippen LogP contribution in [-0.4, -0.2) is 22.8 Å². The summed E-state index contributed by atoms with van der Waals surface area (Å²) >= 11 is 0. The summed E-state index contributed by atoms with van der Waals surface area (Å²) in [6.07, 6.45) is 1.44. The minimum absolute atomic E-state index is 0.00521. The number of benzene rings is 1. The van der Waals surface area contributed by atoms with E-state index >= 15 is 0 Å². The molecule has 1 heterocycles. The molecule has 1 aliphatic rings. The second kappa shape index (κ2) is 6.34. The van der Waals surface area contributed by atoms with Crippen LogP contribution in [0.25, 0.3) is 0 Å². The Hall–Kier alpha value is -2.44. The van der Waals surface area contributed by atoms with Crippen LogP contribution in [0.1, 0.15) is 37.8 Å². The molecule has 7 heteroatoms. The minimum Gasteiger partial charge on any atom is -0.348 e. The van der Waals surface area contributed by atoms with Crippen molar-refractivity contribution in [2.75, 3.05) is 0 Å². The summed E-state index contributed by atoms with van der Waals surface area (Å²) < 4.78 is 0. The van der Waals surface area contributed by atoms with Crippen molar-refractivity contribution in [1.29, 1.82) is 0 Å². The molecule has 1 aromatic rings. The number of carbonyl (C=O) groups is 2. The third kappa shape index (κ3) is 3.56. The van der Waals surface area contributed by atoms with Gasteiger partial charge in [-0.3, -0.25) is 19.7 Å². The predicted octanol–water partition coefficient (Wildman–Crippen LogP) is 1.44. The standard InChI is InChI=1S/C14H17N3O4/c1-2-11(9-4-3-5-10(8-9)17(20)21)16-14(19)12-6-7-13(18)15-12/h3-5,8,11-12H,2,6-7H2,1H3,(H,15,18)(H,16,19)/t11-,12-/m1/s1. The van der Waals surface area contributed by atoms with E-state index in [1.54, 1.807) is 12.1 Å². The van der Waals surface area contributed by atoms with Gasteiger partial charge in [-0.05, 0) is 18.4 Å². The molecule has 112 valence electrons. The Bertz CT molecular complexity index is 573. The molecule has 1 aliphatic heterocycles. The van der Waals surface area contributed by atoms with Crippen LogP contribution in [0.4, 0.5) is 5.69 Å². The lowest BCUT2D eigenvalue weighted by atomic mass is 10.0. The van der Waals surface area contributed by atoms with Crippen molar-refractivity contribution < 1.29 is 14.5 Å². The topological polar surface area (TPSA) is 101 Å². The highest BCUT2D eigenvalue weighted by Gasteiger charge is 2.28. The number of hydrogen-bond acceptors (Lipinski definition) is 4. The molecule has 7 nitrogen and oxygen atoms in total. The lowest BCUT2D eigenvalue weighted by Gasteiger charge is -2.19. The summed E-state index contributed by atoms with van der Waals surface area (Å²) in [5.41, 5.74) is 0.679. The van der Waals surface area contributed by atoms with Crippen LogP contribution in [0.2, 0.25) is 0 Å². The van der Waals surface area contributed by atoms with Crippen molar-refractivity contribution in [3.05, 3.63) is 39.9 Å². The Balaban J connectivity index is 2.09. The van der Waals surface area contributed by atoms with E-state index in [4.69, 9.17) is 0 Å². The number of amides is 2. The number of nitrogens with one attached hydrogen (secondary N) is 2. The molecule has 2 amide bonds. The SMILES string of the molecule is CC[C@@H](NC(=O)[C@H]1CCC(=O)N1)c1cccc([N+](=O)[O-])c1. The molecular formula is C14H17N3O4. The minimum atomic E-state index is -0.509. The highest BCUT2D eigenvalue weighted by Crippen LogP contribution is 2.22. The van der Waals surface area contributed by atoms with Gasteiger partial charge in [0.25, 0.3) is 5.69 Å². The number of rotatable bonds is 5. The fourth-order valence-corrected chi connectivity index (χ4v) is 2.36. The van der Waals surface area contributed by atoms with Crippen molar-refractivity contribution in [2.24, 2.45) is 0 Å². The Labute approximate surface area is 121 Å². The summed E-state index contributed by atoms with van der Waals surface area (Å²) in [6, 6.07) is 5.39. The Morgan fingerprint density at radius 1 is 1.57 bits per heavy atom. The molecule has 0 aromatic heterocycles. The van der Waals surface area contributed by atoms with E-state index in [9.17, 15) is 19.7 Å². The van der Waals surface area contributed by atoms with Crippen LogP contribution in [0.5, 0.6) is 0 Å². The van der Waals surface area contributed by atoms with Gasteiger partial charge in [0.2, 0.25) is 11.8 Å². The molecular weight excluding hydrogens is 274 g/mol. The first-order valence-corrected chi connectivity index (χ1v) is 6.85. The number of hydrogen-bond donors (Lipinski definition) is 2. The second-order valence-corrected chi connectivity index (χ2v) is 4.98. The van der Waals surface area contributed by atoms with Crippen LogP contribution in [0, 0.1) is 10.1 Å². The van der Waals surface area contributed by atoms with Crippen LogP contribution in [0.15, 0.2) is 24.3 Å². The molecule has 2 atom stereocenters. The monoisotopic (exact) mass is 291 g/mol. The van der Waals surface area contributed by atoms with Crippen molar-refractivity contribution in [3.63, 3.8) is 0 Å². The lowest BCUT2D eigenvalue weighted by molar-refractivity contribution is -0.384. The Morgan fingerprint density at radius 2 is 2.33 bits per heavy atom.